The van der Waals surface area contributed by atoms with Gasteiger partial charge in [-0.1, -0.05) is 53.5 Å². The lowest BCUT2D eigenvalue weighted by molar-refractivity contribution is -0.129. The van der Waals surface area contributed by atoms with Gasteiger partial charge in [-0.3, -0.25) is 4.98 Å². The van der Waals surface area contributed by atoms with Gasteiger partial charge in [0.15, 0.2) is 0 Å². The van der Waals surface area contributed by atoms with Crippen LogP contribution in [0.3, 0.4) is 0 Å². The fraction of sp³-hybridized carbons (Fsp3) is 0.160. The Hall–Kier alpha value is -2.43. The number of ether oxygens (including phenoxy) is 2. The van der Waals surface area contributed by atoms with Crippen LogP contribution in [0.2, 0.25) is 10.0 Å². The van der Waals surface area contributed by atoms with Crippen LogP contribution in [-0.4, -0.2) is 18.2 Å². The van der Waals surface area contributed by atoms with Crippen molar-refractivity contribution in [2.75, 3.05) is 13.2 Å². The number of benzene rings is 3. The van der Waals surface area contributed by atoms with Crippen molar-refractivity contribution in [1.29, 1.82) is 0 Å². The summed E-state index contributed by atoms with van der Waals surface area (Å²) >= 11 is 12.4. The molecule has 0 N–H and O–H groups in total. The topological polar surface area (TPSA) is 31.4 Å². The van der Waals surface area contributed by atoms with Crippen molar-refractivity contribution < 1.29 is 9.47 Å². The predicted octanol–water partition coefficient (Wildman–Crippen LogP) is 6.76. The van der Waals surface area contributed by atoms with E-state index in [0.29, 0.717) is 23.3 Å². The first-order valence-corrected chi connectivity index (χ1v) is 10.5. The molecule has 5 rings (SSSR count). The number of aromatic nitrogens is 1. The lowest BCUT2D eigenvalue weighted by Gasteiger charge is -2.29. The number of fused-ring (bicyclic) bond motifs is 1. The molecular weight excluding hydrogens is 417 g/mol. The Labute approximate surface area is 185 Å². The minimum Gasteiger partial charge on any atom is -0.340 e. The lowest BCUT2D eigenvalue weighted by Crippen LogP contribution is -2.28. The van der Waals surface area contributed by atoms with E-state index in [-0.39, 0.29) is 0 Å². The molecule has 4 aromatic rings. The van der Waals surface area contributed by atoms with Gasteiger partial charge in [0.25, 0.3) is 0 Å². The van der Waals surface area contributed by atoms with E-state index in [2.05, 4.69) is 18.2 Å². The van der Waals surface area contributed by atoms with Crippen LogP contribution in [0.25, 0.3) is 22.0 Å². The maximum Gasteiger partial charge on any atom is 0.222 e. The number of pyridine rings is 1. The maximum atomic E-state index is 6.27. The van der Waals surface area contributed by atoms with Gasteiger partial charge < -0.3 is 9.47 Å². The Morgan fingerprint density at radius 3 is 2.27 bits per heavy atom. The van der Waals surface area contributed by atoms with Crippen molar-refractivity contribution in [2.24, 2.45) is 0 Å². The second-order valence-electron chi connectivity index (χ2n) is 7.37. The smallest absolute Gasteiger partial charge is 0.222 e. The highest BCUT2D eigenvalue weighted by Crippen LogP contribution is 2.41. The van der Waals surface area contributed by atoms with E-state index in [0.717, 1.165) is 38.9 Å². The summed E-state index contributed by atoms with van der Waals surface area (Å²) in [5, 5.41) is 2.40. The summed E-state index contributed by atoms with van der Waals surface area (Å²) in [7, 11) is 0. The molecule has 0 atom stereocenters. The zero-order valence-corrected chi connectivity index (χ0v) is 17.9. The fourth-order valence-electron chi connectivity index (χ4n) is 4.04. The van der Waals surface area contributed by atoms with Crippen molar-refractivity contribution in [3.05, 3.63) is 99.7 Å². The number of rotatable bonds is 3. The van der Waals surface area contributed by atoms with Crippen LogP contribution in [0.4, 0.5) is 0 Å². The summed E-state index contributed by atoms with van der Waals surface area (Å²) < 4.78 is 12.4. The van der Waals surface area contributed by atoms with Crippen molar-refractivity contribution in [3.63, 3.8) is 0 Å². The normalized spacial score (nSPS) is 15.6. The first kappa shape index (κ1) is 19.5. The first-order valence-electron chi connectivity index (χ1n) is 9.77. The zero-order valence-electron chi connectivity index (χ0n) is 16.4. The van der Waals surface area contributed by atoms with Crippen molar-refractivity contribution >= 4 is 34.1 Å². The molecule has 30 heavy (non-hydrogen) atoms. The van der Waals surface area contributed by atoms with Crippen LogP contribution < -0.4 is 0 Å². The molecule has 0 unspecified atom stereocenters. The zero-order chi connectivity index (χ0) is 20.7. The fourth-order valence-corrected chi connectivity index (χ4v) is 4.36. The summed E-state index contributed by atoms with van der Waals surface area (Å²) in [4.78, 5) is 4.73. The van der Waals surface area contributed by atoms with Gasteiger partial charge in [-0.2, -0.15) is 0 Å². The maximum absolute atomic E-state index is 6.27. The minimum atomic E-state index is -0.963. The Bertz CT molecular complexity index is 1230. The molecule has 2 heterocycles. The standard InChI is InChI=1S/C25H19Cl2NO2/c1-16-13-22(17-3-2-4-21(27)14-17)23-15-19(7-10-24(23)28-16)25(29-11-12-30-25)18-5-8-20(26)9-6-18/h2-10,13-15H,11-12H2,1H3. The molecule has 1 saturated heterocycles. The number of nitrogens with zero attached hydrogens (tertiary/aromatic N) is 1. The summed E-state index contributed by atoms with van der Waals surface area (Å²) in [5.74, 6) is -0.963. The monoisotopic (exact) mass is 435 g/mol. The molecule has 0 radical (unpaired) electrons. The van der Waals surface area contributed by atoms with Gasteiger partial charge in [0, 0.05) is 32.3 Å². The van der Waals surface area contributed by atoms with Crippen LogP contribution in [0, 0.1) is 6.92 Å². The van der Waals surface area contributed by atoms with Crippen LogP contribution in [0.5, 0.6) is 0 Å². The van der Waals surface area contributed by atoms with Crippen LogP contribution in [-0.2, 0) is 15.3 Å². The van der Waals surface area contributed by atoms with Crippen molar-refractivity contribution in [3.8, 4) is 11.1 Å². The average molecular weight is 436 g/mol. The molecule has 5 heteroatoms. The Morgan fingerprint density at radius 2 is 1.53 bits per heavy atom. The van der Waals surface area contributed by atoms with Gasteiger partial charge in [0.2, 0.25) is 5.79 Å². The molecule has 1 fully saturated rings. The quantitative estimate of drug-likeness (QED) is 0.355. The van der Waals surface area contributed by atoms with E-state index in [1.54, 1.807) is 0 Å². The van der Waals surface area contributed by atoms with E-state index < -0.39 is 5.79 Å². The van der Waals surface area contributed by atoms with Crippen LogP contribution in [0.15, 0.2) is 72.8 Å². The van der Waals surface area contributed by atoms with Gasteiger partial charge in [0.05, 0.1) is 18.7 Å². The van der Waals surface area contributed by atoms with Gasteiger partial charge in [0.1, 0.15) is 0 Å². The number of halogens is 2. The van der Waals surface area contributed by atoms with E-state index in [9.17, 15) is 0 Å². The number of aryl methyl sites for hydroxylation is 1. The van der Waals surface area contributed by atoms with Crippen LogP contribution in [0.1, 0.15) is 16.8 Å². The third kappa shape index (κ3) is 3.38. The lowest BCUT2D eigenvalue weighted by atomic mass is 9.93. The molecule has 3 nitrogen and oxygen atoms in total. The highest BCUT2D eigenvalue weighted by molar-refractivity contribution is 6.31. The molecular formula is C25H19Cl2NO2. The molecule has 150 valence electrons. The Kier molecular flexibility index (Phi) is 5.00. The summed E-state index contributed by atoms with van der Waals surface area (Å²) in [5.41, 5.74) is 5.82. The third-order valence-corrected chi connectivity index (χ3v) is 5.86. The summed E-state index contributed by atoms with van der Waals surface area (Å²) in [6.45, 7) is 3.04. The van der Waals surface area contributed by atoms with Crippen molar-refractivity contribution in [1.82, 2.24) is 4.98 Å². The molecule has 0 amide bonds. The molecule has 1 aromatic heterocycles. The van der Waals surface area contributed by atoms with Gasteiger partial charge in [-0.15, -0.1) is 0 Å². The molecule has 1 aliphatic rings. The van der Waals surface area contributed by atoms with Gasteiger partial charge >= 0.3 is 0 Å². The average Bonchev–Trinajstić information content (AvgIpc) is 3.24. The van der Waals surface area contributed by atoms with Crippen LogP contribution >= 0.6 is 23.2 Å². The number of hydrogen-bond acceptors (Lipinski definition) is 3. The minimum absolute atomic E-state index is 0.522. The van der Waals surface area contributed by atoms with E-state index in [1.807, 2.05) is 61.5 Å². The molecule has 0 aliphatic carbocycles. The van der Waals surface area contributed by atoms with Gasteiger partial charge in [-0.05, 0) is 60.5 Å². The molecule has 0 saturated carbocycles. The molecule has 0 spiro atoms. The largest absolute Gasteiger partial charge is 0.340 e. The van der Waals surface area contributed by atoms with Crippen molar-refractivity contribution in [2.45, 2.75) is 12.7 Å². The highest BCUT2D eigenvalue weighted by Gasteiger charge is 2.40. The van der Waals surface area contributed by atoms with Gasteiger partial charge in [-0.25, -0.2) is 0 Å². The SMILES string of the molecule is Cc1cc(-c2cccc(Cl)c2)c2cc(C3(c4ccc(Cl)cc4)OCCO3)ccc2n1. The summed E-state index contributed by atoms with van der Waals surface area (Å²) in [6, 6.07) is 23.7. The van der Waals surface area contributed by atoms with E-state index in [4.69, 9.17) is 37.7 Å². The first-order chi connectivity index (χ1) is 14.5. The Morgan fingerprint density at radius 1 is 0.800 bits per heavy atom. The summed E-state index contributed by atoms with van der Waals surface area (Å²) in [6.07, 6.45) is 0. The Balaban J connectivity index is 1.73. The molecule has 1 aliphatic heterocycles. The molecule has 0 bridgehead atoms. The molecule has 3 aromatic carbocycles. The highest BCUT2D eigenvalue weighted by atomic mass is 35.5. The second-order valence-corrected chi connectivity index (χ2v) is 8.25. The third-order valence-electron chi connectivity index (χ3n) is 5.37. The van der Waals surface area contributed by atoms with E-state index in [1.165, 1.54) is 0 Å². The second kappa shape index (κ2) is 7.68. The predicted molar refractivity (Wildman–Crippen MR) is 121 cm³/mol. The van der Waals surface area contributed by atoms with E-state index >= 15 is 0 Å². The number of hydrogen-bond donors (Lipinski definition) is 0.